The molecule has 7 N–H and O–H groups in total. The fourth-order valence-electron chi connectivity index (χ4n) is 6.65. The SMILES string of the molecule is CN[C@@H]1CN(C(=NC2C[C@H]3C[C@@H](C2C)C3(N)N)Nc2ccc3c(=O)n(C)c(COc4ccc(Cl)cc4Cl)nc3c2)CCN1. The second-order valence-corrected chi connectivity index (χ2v) is 12.9. The Morgan fingerprint density at radius 2 is 2.05 bits per heavy atom. The highest BCUT2D eigenvalue weighted by Crippen LogP contribution is 2.53. The summed E-state index contributed by atoms with van der Waals surface area (Å²) in [5, 5.41) is 11.8. The van der Waals surface area contributed by atoms with Crippen molar-refractivity contribution in [3.63, 3.8) is 0 Å². The van der Waals surface area contributed by atoms with Gasteiger partial charge < -0.3 is 31.7 Å². The molecule has 43 heavy (non-hydrogen) atoms. The van der Waals surface area contributed by atoms with Crippen LogP contribution in [0.25, 0.3) is 10.9 Å². The van der Waals surface area contributed by atoms with Crippen LogP contribution in [0.5, 0.6) is 5.75 Å². The van der Waals surface area contributed by atoms with Gasteiger partial charge in [0.15, 0.2) is 5.96 Å². The number of benzene rings is 2. The summed E-state index contributed by atoms with van der Waals surface area (Å²) in [6.45, 7) is 4.64. The van der Waals surface area contributed by atoms with Crippen molar-refractivity contribution >= 4 is 45.8 Å². The lowest BCUT2D eigenvalue weighted by Gasteiger charge is -2.60. The molecule has 2 bridgehead atoms. The van der Waals surface area contributed by atoms with E-state index in [-0.39, 0.29) is 42.1 Å². The Kier molecular flexibility index (Phi) is 8.31. The molecule has 0 radical (unpaired) electrons. The molecule has 3 saturated carbocycles. The number of nitrogens with zero attached hydrogens (tertiary/aromatic N) is 4. The highest BCUT2D eigenvalue weighted by atomic mass is 35.5. The summed E-state index contributed by atoms with van der Waals surface area (Å²) >= 11 is 12.3. The smallest absolute Gasteiger partial charge is 0.261 e. The number of nitrogens with one attached hydrogen (secondary N) is 3. The van der Waals surface area contributed by atoms with Gasteiger partial charge in [-0.25, -0.2) is 9.98 Å². The fraction of sp³-hybridized carbons (Fsp3) is 0.500. The summed E-state index contributed by atoms with van der Waals surface area (Å²) in [5.74, 6) is 2.54. The molecule has 2 heterocycles. The molecule has 0 spiro atoms. The predicted molar refractivity (Wildman–Crippen MR) is 172 cm³/mol. The van der Waals surface area contributed by atoms with Crippen LogP contribution in [0.2, 0.25) is 10.0 Å². The summed E-state index contributed by atoms with van der Waals surface area (Å²) in [6, 6.07) is 10.7. The number of aliphatic imine (C=N–C) groups is 1. The van der Waals surface area contributed by atoms with Crippen molar-refractivity contribution in [2.24, 2.45) is 41.3 Å². The van der Waals surface area contributed by atoms with E-state index in [9.17, 15) is 4.79 Å². The second-order valence-electron chi connectivity index (χ2n) is 12.0. The van der Waals surface area contributed by atoms with E-state index < -0.39 is 5.66 Å². The first-order valence-electron chi connectivity index (χ1n) is 14.7. The molecule has 4 aliphatic rings. The average molecular weight is 629 g/mol. The van der Waals surface area contributed by atoms with Crippen molar-refractivity contribution in [1.29, 1.82) is 0 Å². The molecule has 5 atom stereocenters. The maximum atomic E-state index is 13.2. The fourth-order valence-corrected chi connectivity index (χ4v) is 7.11. The van der Waals surface area contributed by atoms with Crippen molar-refractivity contribution in [1.82, 2.24) is 25.1 Å². The largest absolute Gasteiger partial charge is 0.484 e. The minimum atomic E-state index is -0.595. The van der Waals surface area contributed by atoms with Gasteiger partial charge in [-0.3, -0.25) is 14.7 Å². The van der Waals surface area contributed by atoms with Gasteiger partial charge in [0.05, 0.1) is 33.8 Å². The van der Waals surface area contributed by atoms with E-state index in [1.165, 1.54) is 4.57 Å². The minimum absolute atomic E-state index is 0.0608. The molecule has 13 heteroatoms. The van der Waals surface area contributed by atoms with Crippen molar-refractivity contribution < 1.29 is 4.74 Å². The van der Waals surface area contributed by atoms with Crippen LogP contribution in [0.1, 0.15) is 25.6 Å². The van der Waals surface area contributed by atoms with Gasteiger partial charge in [-0.2, -0.15) is 0 Å². The van der Waals surface area contributed by atoms with E-state index in [4.69, 9.17) is 49.4 Å². The van der Waals surface area contributed by atoms with Crippen LogP contribution in [0, 0.1) is 17.8 Å². The number of rotatable bonds is 6. The van der Waals surface area contributed by atoms with Crippen LogP contribution in [-0.2, 0) is 13.7 Å². The Morgan fingerprint density at radius 3 is 2.77 bits per heavy atom. The van der Waals surface area contributed by atoms with E-state index in [0.29, 0.717) is 32.5 Å². The third kappa shape index (κ3) is 5.82. The van der Waals surface area contributed by atoms with Crippen LogP contribution in [0.4, 0.5) is 5.69 Å². The van der Waals surface area contributed by atoms with Crippen LogP contribution in [-0.4, -0.2) is 65.0 Å². The Balaban J connectivity index is 1.29. The van der Waals surface area contributed by atoms with E-state index >= 15 is 0 Å². The van der Waals surface area contributed by atoms with Gasteiger partial charge in [-0.15, -0.1) is 0 Å². The van der Waals surface area contributed by atoms with Gasteiger partial charge in [-0.05, 0) is 74.0 Å². The van der Waals surface area contributed by atoms with E-state index in [0.717, 1.165) is 44.1 Å². The monoisotopic (exact) mass is 627 g/mol. The number of ether oxygens (including phenoxy) is 1. The number of halogens is 2. The predicted octanol–water partition coefficient (Wildman–Crippen LogP) is 2.70. The third-order valence-corrected chi connectivity index (χ3v) is 9.97. The van der Waals surface area contributed by atoms with Gasteiger partial charge in [0.2, 0.25) is 0 Å². The molecule has 230 valence electrons. The molecule has 1 saturated heterocycles. The van der Waals surface area contributed by atoms with Gasteiger partial charge in [0.25, 0.3) is 5.56 Å². The molecular weight excluding hydrogens is 589 g/mol. The number of guanidine groups is 1. The Hall–Kier alpha value is -2.93. The summed E-state index contributed by atoms with van der Waals surface area (Å²) in [7, 11) is 3.63. The highest BCUT2D eigenvalue weighted by molar-refractivity contribution is 6.35. The maximum absolute atomic E-state index is 13.2. The number of hydrogen-bond donors (Lipinski definition) is 5. The number of likely N-dealkylation sites (N-methyl/N-ethyl adjacent to an activating group) is 1. The number of hydrogen-bond acceptors (Lipinski definition) is 8. The lowest BCUT2D eigenvalue weighted by atomic mass is 9.52. The number of nitrogens with two attached hydrogens (primary N) is 2. The maximum Gasteiger partial charge on any atom is 0.261 e. The highest BCUT2D eigenvalue weighted by Gasteiger charge is 2.58. The average Bonchev–Trinajstić information content (AvgIpc) is 2.99. The van der Waals surface area contributed by atoms with Crippen molar-refractivity contribution in [3.05, 3.63) is 62.6 Å². The lowest BCUT2D eigenvalue weighted by Crippen LogP contribution is -2.74. The summed E-state index contributed by atoms with van der Waals surface area (Å²) in [4.78, 5) is 25.6. The zero-order chi connectivity index (χ0) is 30.5. The topological polar surface area (TPSA) is 148 Å². The summed E-state index contributed by atoms with van der Waals surface area (Å²) in [6.07, 6.45) is 2.07. The summed E-state index contributed by atoms with van der Waals surface area (Å²) < 4.78 is 7.39. The quantitative estimate of drug-likeness (QED) is 0.158. The first kappa shape index (κ1) is 30.1. The van der Waals surface area contributed by atoms with Gasteiger partial charge >= 0.3 is 0 Å². The first-order valence-corrected chi connectivity index (χ1v) is 15.5. The zero-order valence-corrected chi connectivity index (χ0v) is 26.1. The zero-order valence-electron chi connectivity index (χ0n) is 24.6. The lowest BCUT2D eigenvalue weighted by molar-refractivity contribution is -0.0615. The van der Waals surface area contributed by atoms with Gasteiger partial charge in [-0.1, -0.05) is 30.1 Å². The molecule has 7 rings (SSSR count). The van der Waals surface area contributed by atoms with E-state index in [2.05, 4.69) is 27.8 Å². The van der Waals surface area contributed by atoms with Gasteiger partial charge in [0, 0.05) is 37.4 Å². The Morgan fingerprint density at radius 1 is 1.23 bits per heavy atom. The summed E-state index contributed by atoms with van der Waals surface area (Å²) in [5.41, 5.74) is 13.5. The molecule has 1 aliphatic heterocycles. The van der Waals surface area contributed by atoms with Crippen LogP contribution >= 0.6 is 23.2 Å². The standard InChI is InChI=1S/C30H39Cl2N9O2/c1-16-21-10-17(30(21,33)34)11-23(16)39-29(41-9-8-36-26(14-41)35-2)37-19-5-6-20-24(13-19)38-27(40(3)28(20)42)15-43-25-7-4-18(31)12-22(25)32/h4-7,12-13,16-17,21,23,26,35-36H,8-11,14-15,33-34H2,1-3H3,(H,37,39)/t16?,17-,21+,23?,26+/m1/s1. The number of aromatic nitrogens is 2. The molecule has 0 amide bonds. The molecule has 3 aromatic rings. The van der Waals surface area contributed by atoms with Gasteiger partial charge in [0.1, 0.15) is 18.2 Å². The van der Waals surface area contributed by atoms with E-state index in [1.807, 2.05) is 19.2 Å². The Bertz CT molecular complexity index is 1610. The normalized spacial score (nSPS) is 26.7. The molecule has 2 unspecified atom stereocenters. The van der Waals surface area contributed by atoms with Crippen molar-refractivity contribution in [2.75, 3.05) is 32.0 Å². The molecule has 3 aliphatic carbocycles. The number of anilines is 1. The van der Waals surface area contributed by atoms with Crippen molar-refractivity contribution in [2.45, 2.75) is 44.2 Å². The minimum Gasteiger partial charge on any atom is -0.484 e. The Labute approximate surface area is 261 Å². The van der Waals surface area contributed by atoms with Crippen LogP contribution in [0.3, 0.4) is 0 Å². The molecule has 2 aromatic carbocycles. The number of fused-ring (bicyclic) bond motifs is 3. The molecule has 4 fully saturated rings. The van der Waals surface area contributed by atoms with Crippen LogP contribution < -0.4 is 37.7 Å². The van der Waals surface area contributed by atoms with E-state index in [1.54, 1.807) is 31.3 Å². The van der Waals surface area contributed by atoms with Crippen LogP contribution in [0.15, 0.2) is 46.2 Å². The molecule has 11 nitrogen and oxygen atoms in total. The number of piperazine rings is 1. The third-order valence-electron chi connectivity index (χ3n) is 9.44. The van der Waals surface area contributed by atoms with Crippen molar-refractivity contribution in [3.8, 4) is 5.75 Å². The molecular formula is C30H39Cl2N9O2. The first-order chi connectivity index (χ1) is 20.5. The second kappa shape index (κ2) is 11.9. The molecule has 1 aromatic heterocycles.